The first-order valence-electron chi connectivity index (χ1n) is 6.30. The Morgan fingerprint density at radius 1 is 1.31 bits per heavy atom. The molecule has 0 bridgehead atoms. The summed E-state index contributed by atoms with van der Waals surface area (Å²) in [7, 11) is 0. The van der Waals surface area contributed by atoms with E-state index in [1.165, 1.54) is 12.8 Å². The second-order valence-electron chi connectivity index (χ2n) is 5.32. The second-order valence-corrected chi connectivity index (χ2v) is 5.32. The molecule has 0 aromatic carbocycles. The van der Waals surface area contributed by atoms with Crippen molar-refractivity contribution in [3.63, 3.8) is 0 Å². The van der Waals surface area contributed by atoms with Crippen molar-refractivity contribution in [2.45, 2.75) is 25.7 Å². The lowest BCUT2D eigenvalue weighted by Gasteiger charge is -2.32. The fourth-order valence-corrected chi connectivity index (χ4v) is 2.52. The highest BCUT2D eigenvalue weighted by molar-refractivity contribution is 5.89. The molecule has 2 aliphatic heterocycles. The van der Waals surface area contributed by atoms with Crippen LogP contribution in [0, 0.1) is 11.8 Å². The molecule has 3 aliphatic rings. The van der Waals surface area contributed by atoms with E-state index in [0.29, 0.717) is 13.0 Å². The van der Waals surface area contributed by atoms with Crippen molar-refractivity contribution >= 4 is 11.8 Å². The van der Waals surface area contributed by atoms with E-state index in [4.69, 9.17) is 0 Å². The van der Waals surface area contributed by atoms with E-state index >= 15 is 0 Å². The lowest BCUT2D eigenvalue weighted by Crippen LogP contribution is -2.45. The Morgan fingerprint density at radius 2 is 2.06 bits per heavy atom. The fourth-order valence-electron chi connectivity index (χ4n) is 2.52. The van der Waals surface area contributed by atoms with Crippen LogP contribution in [0.25, 0.3) is 0 Å². The molecule has 0 N–H and O–H groups in total. The smallest absolute Gasteiger partial charge is 0.227 e. The van der Waals surface area contributed by atoms with E-state index in [9.17, 15) is 9.59 Å². The van der Waals surface area contributed by atoms with Crippen molar-refractivity contribution in [1.29, 1.82) is 0 Å². The van der Waals surface area contributed by atoms with Crippen molar-refractivity contribution in [2.75, 3.05) is 26.2 Å². The highest BCUT2D eigenvalue weighted by Crippen LogP contribution is 2.32. The molecule has 16 heavy (non-hydrogen) atoms. The van der Waals surface area contributed by atoms with E-state index in [1.807, 2.05) is 9.80 Å². The third-order valence-electron chi connectivity index (χ3n) is 3.91. The Hall–Kier alpha value is -1.06. The fraction of sp³-hybridized carbons (Fsp3) is 0.833. The largest absolute Gasteiger partial charge is 0.342 e. The summed E-state index contributed by atoms with van der Waals surface area (Å²) in [5, 5.41) is 0. The SMILES string of the molecule is O=C1CC(C(=O)N2CCC2)CN1CC1CC1. The molecule has 2 amide bonds. The Labute approximate surface area is 95.6 Å². The highest BCUT2D eigenvalue weighted by atomic mass is 16.2. The van der Waals surface area contributed by atoms with Crippen LogP contribution < -0.4 is 0 Å². The summed E-state index contributed by atoms with van der Waals surface area (Å²) in [4.78, 5) is 27.5. The molecule has 1 saturated carbocycles. The summed E-state index contributed by atoms with van der Waals surface area (Å²) in [5.41, 5.74) is 0. The summed E-state index contributed by atoms with van der Waals surface area (Å²) in [6.07, 6.45) is 4.09. The summed E-state index contributed by atoms with van der Waals surface area (Å²) in [6, 6.07) is 0. The van der Waals surface area contributed by atoms with Gasteiger partial charge in [-0.2, -0.15) is 0 Å². The van der Waals surface area contributed by atoms with Crippen LogP contribution in [0.2, 0.25) is 0 Å². The topological polar surface area (TPSA) is 40.6 Å². The lowest BCUT2D eigenvalue weighted by molar-refractivity contribution is -0.139. The van der Waals surface area contributed by atoms with Gasteiger partial charge in [-0.15, -0.1) is 0 Å². The number of likely N-dealkylation sites (tertiary alicyclic amines) is 2. The molecule has 4 heteroatoms. The van der Waals surface area contributed by atoms with Crippen LogP contribution in [-0.2, 0) is 9.59 Å². The maximum absolute atomic E-state index is 12.0. The standard InChI is InChI=1S/C12H18N2O2/c15-11-6-10(12(16)13-4-1-5-13)8-14(11)7-9-2-3-9/h9-10H,1-8H2. The molecule has 3 rings (SSSR count). The molecule has 2 saturated heterocycles. The zero-order chi connectivity index (χ0) is 11.1. The van der Waals surface area contributed by atoms with Gasteiger partial charge >= 0.3 is 0 Å². The molecule has 1 unspecified atom stereocenters. The van der Waals surface area contributed by atoms with Crippen molar-refractivity contribution in [2.24, 2.45) is 11.8 Å². The van der Waals surface area contributed by atoms with Gasteiger partial charge < -0.3 is 9.80 Å². The molecule has 1 aliphatic carbocycles. The minimum Gasteiger partial charge on any atom is -0.342 e. The van der Waals surface area contributed by atoms with Gasteiger partial charge in [0.1, 0.15) is 0 Å². The van der Waals surface area contributed by atoms with E-state index < -0.39 is 0 Å². The van der Waals surface area contributed by atoms with E-state index in [1.54, 1.807) is 0 Å². The van der Waals surface area contributed by atoms with E-state index in [2.05, 4.69) is 0 Å². The zero-order valence-corrected chi connectivity index (χ0v) is 9.52. The first-order chi connectivity index (χ1) is 7.74. The first-order valence-corrected chi connectivity index (χ1v) is 6.30. The molecule has 3 fully saturated rings. The number of carbonyl (C=O) groups excluding carboxylic acids is 2. The molecule has 0 aromatic heterocycles. The number of hydrogen-bond acceptors (Lipinski definition) is 2. The number of hydrogen-bond donors (Lipinski definition) is 0. The number of rotatable bonds is 3. The average Bonchev–Trinajstić information content (AvgIpc) is 2.89. The molecule has 0 aromatic rings. The third-order valence-corrected chi connectivity index (χ3v) is 3.91. The molecule has 88 valence electrons. The van der Waals surface area contributed by atoms with Gasteiger partial charge in [-0.1, -0.05) is 0 Å². The molecule has 4 nitrogen and oxygen atoms in total. The Balaban J connectivity index is 1.57. The van der Waals surface area contributed by atoms with Gasteiger partial charge in [0, 0.05) is 32.6 Å². The Bertz CT molecular complexity index is 321. The molecular weight excluding hydrogens is 204 g/mol. The molecule has 0 radical (unpaired) electrons. The van der Waals surface area contributed by atoms with Gasteiger partial charge in [0.15, 0.2) is 0 Å². The lowest BCUT2D eigenvalue weighted by atomic mass is 10.0. The van der Waals surface area contributed by atoms with Gasteiger partial charge in [0.2, 0.25) is 11.8 Å². The average molecular weight is 222 g/mol. The first kappa shape index (κ1) is 10.1. The predicted octanol–water partition coefficient (Wildman–Crippen LogP) is 0.477. The van der Waals surface area contributed by atoms with Crippen molar-refractivity contribution in [3.05, 3.63) is 0 Å². The van der Waals surface area contributed by atoms with E-state index in [0.717, 1.165) is 32.0 Å². The maximum Gasteiger partial charge on any atom is 0.227 e. The summed E-state index contributed by atoms with van der Waals surface area (Å²) < 4.78 is 0. The predicted molar refractivity (Wildman–Crippen MR) is 58.6 cm³/mol. The zero-order valence-electron chi connectivity index (χ0n) is 9.52. The third kappa shape index (κ3) is 1.81. The summed E-state index contributed by atoms with van der Waals surface area (Å²) in [5.74, 6) is 1.07. The normalized spacial score (nSPS) is 29.5. The summed E-state index contributed by atoms with van der Waals surface area (Å²) in [6.45, 7) is 3.35. The van der Waals surface area contributed by atoms with Gasteiger partial charge in [-0.3, -0.25) is 9.59 Å². The number of nitrogens with zero attached hydrogens (tertiary/aromatic N) is 2. The Morgan fingerprint density at radius 3 is 2.62 bits per heavy atom. The minimum atomic E-state index is -0.0495. The summed E-state index contributed by atoms with van der Waals surface area (Å²) >= 11 is 0. The van der Waals surface area contributed by atoms with Crippen LogP contribution in [-0.4, -0.2) is 47.8 Å². The molecular formula is C12H18N2O2. The van der Waals surface area contributed by atoms with Crippen LogP contribution in [0.15, 0.2) is 0 Å². The van der Waals surface area contributed by atoms with Gasteiger partial charge in [0.05, 0.1) is 5.92 Å². The maximum atomic E-state index is 12.0. The quantitative estimate of drug-likeness (QED) is 0.696. The second kappa shape index (κ2) is 3.75. The van der Waals surface area contributed by atoms with Gasteiger partial charge in [-0.05, 0) is 25.2 Å². The molecule has 0 spiro atoms. The number of carbonyl (C=O) groups is 2. The van der Waals surface area contributed by atoms with Crippen molar-refractivity contribution in [1.82, 2.24) is 9.80 Å². The molecule has 1 atom stereocenters. The Kier molecular flexibility index (Phi) is 2.37. The van der Waals surface area contributed by atoms with Gasteiger partial charge in [0.25, 0.3) is 0 Å². The van der Waals surface area contributed by atoms with Crippen LogP contribution in [0.5, 0.6) is 0 Å². The highest BCUT2D eigenvalue weighted by Gasteiger charge is 2.39. The van der Waals surface area contributed by atoms with Crippen LogP contribution >= 0.6 is 0 Å². The van der Waals surface area contributed by atoms with Crippen molar-refractivity contribution in [3.8, 4) is 0 Å². The van der Waals surface area contributed by atoms with Crippen molar-refractivity contribution < 1.29 is 9.59 Å². The van der Waals surface area contributed by atoms with Crippen LogP contribution in [0.3, 0.4) is 0 Å². The van der Waals surface area contributed by atoms with Crippen LogP contribution in [0.4, 0.5) is 0 Å². The molecule has 2 heterocycles. The van der Waals surface area contributed by atoms with Gasteiger partial charge in [-0.25, -0.2) is 0 Å². The minimum absolute atomic E-state index is 0.0495. The monoisotopic (exact) mass is 222 g/mol. The number of amides is 2. The van der Waals surface area contributed by atoms with Crippen LogP contribution in [0.1, 0.15) is 25.7 Å². The van der Waals surface area contributed by atoms with E-state index in [-0.39, 0.29) is 17.7 Å².